The van der Waals surface area contributed by atoms with Crippen LogP contribution in [0.3, 0.4) is 0 Å². The van der Waals surface area contributed by atoms with Crippen LogP contribution in [-0.2, 0) is 89.5 Å². The van der Waals surface area contributed by atoms with Gasteiger partial charge in [-0.2, -0.15) is 0 Å². The van der Waals surface area contributed by atoms with Gasteiger partial charge in [0, 0.05) is 0 Å². The van der Waals surface area contributed by atoms with Crippen LogP contribution in [0.2, 0.25) is 26.2 Å². The predicted octanol–water partition coefficient (Wildman–Crippen LogP) is 15.7. The molecule has 102 heavy (non-hydrogen) atoms. The van der Waals surface area contributed by atoms with E-state index in [0.717, 1.165) is 22.3 Å². The molecule has 0 saturated carbocycles. The molecule has 0 saturated heterocycles. The number of hydrogen-bond acceptors (Lipinski definition) is 0. The molecule has 12 aromatic rings. The average Bonchev–Trinajstić information content (AvgIpc) is 1.59. The molecule has 0 nitrogen and oxygen atoms in total. The molecule has 0 radical (unpaired) electrons. The molecule has 0 aliphatic carbocycles. The Bertz CT molecular complexity index is 4120. The SMILES string of the molecule is [Au+].[Au+].[Au+].[Au+].[C-]#Cc1ccc2c(c1)-c1ccc(C#[C-])cc1[Si]2(C)C.[C-]#Cc1ccc2c(c1)-c1ccc(C#[C-])cc1[Si]2(C)C.c1ccc([PH+](CCCC[PH+](c2ccccc2)c2ccccc2)c2ccccc2)cc1.c1ccc([PH+](CCCC[PH+](c2ccccc2)c2ccccc2)c2ccccc2)cc1. The normalized spacial score (nSPS) is 11.8. The second-order valence-electron chi connectivity index (χ2n) is 26.0. The minimum absolute atomic E-state index is 0. The molecule has 2 aliphatic rings. The first-order chi connectivity index (χ1) is 48.0. The van der Waals surface area contributed by atoms with Gasteiger partial charge in [0.25, 0.3) is 0 Å². The Hall–Kier alpha value is -6.01. The van der Waals surface area contributed by atoms with Crippen molar-refractivity contribution in [2.24, 2.45) is 0 Å². The van der Waals surface area contributed by atoms with Crippen molar-refractivity contribution >= 4 is 111 Å². The fourth-order valence-electron chi connectivity index (χ4n) is 14.0. The molecule has 520 valence electrons. The molecule has 0 fully saturated rings. The maximum Gasteiger partial charge on any atom is 1.00 e. The van der Waals surface area contributed by atoms with Crippen molar-refractivity contribution in [2.45, 2.75) is 51.9 Å². The molecular weight excluding hydrogens is 2070 g/mol. The zero-order valence-corrected chi connectivity index (χ0v) is 72.6. The van der Waals surface area contributed by atoms with E-state index in [9.17, 15) is 0 Å². The molecule has 2 aliphatic heterocycles. The van der Waals surface area contributed by atoms with E-state index in [-0.39, 0.29) is 89.5 Å². The van der Waals surface area contributed by atoms with Crippen molar-refractivity contribution in [1.29, 1.82) is 0 Å². The van der Waals surface area contributed by atoms with Crippen LogP contribution < -0.4 is 63.2 Å². The van der Waals surface area contributed by atoms with E-state index in [1.807, 2.05) is 24.3 Å². The van der Waals surface area contributed by atoms with Crippen LogP contribution >= 0.6 is 31.7 Å². The standard InChI is InChI=1S/2C28H28P2.2C18H12Si.4Au/c2*1-5-15-25(16-6-1)29(26-17-7-2-8-18-26)23-13-14-24-30(27-19-9-3-10-20-27)28-21-11-4-12-22-28;2*1-5-13-8-10-17-16(11-13)15-9-7-14(6-2)12-18(15)19(17,3)4;;;;/h2*1-12,15-22H,13-14,23-24H2;2*7-12H,3-4H3;;;;/q;;2*-2;4*+1/p+4. The topological polar surface area (TPSA) is 0 Å². The molecule has 0 N–H and O–H groups in total. The number of rotatable bonds is 18. The van der Waals surface area contributed by atoms with Gasteiger partial charge in [0.2, 0.25) is 0 Å². The van der Waals surface area contributed by atoms with E-state index in [1.165, 1.54) is 136 Å². The number of unbranched alkanes of at least 4 members (excludes halogenated alkanes) is 2. The van der Waals surface area contributed by atoms with Crippen molar-refractivity contribution < 1.29 is 89.5 Å². The third kappa shape index (κ3) is 21.2. The fraction of sp³-hybridized carbons (Fsp3) is 0.130. The minimum atomic E-state index is -1.68. The van der Waals surface area contributed by atoms with E-state index >= 15 is 0 Å². The Kier molecular flexibility index (Phi) is 34.0. The first kappa shape index (κ1) is 83.3. The third-order valence-electron chi connectivity index (χ3n) is 19.1. The van der Waals surface area contributed by atoms with Gasteiger partial charge in [-0.15, -0.1) is 70.8 Å². The van der Waals surface area contributed by atoms with Crippen molar-refractivity contribution in [1.82, 2.24) is 0 Å². The van der Waals surface area contributed by atoms with Crippen molar-refractivity contribution in [2.75, 3.05) is 24.6 Å². The summed E-state index contributed by atoms with van der Waals surface area (Å²) in [7, 11) is -6.21. The van der Waals surface area contributed by atoms with Crippen LogP contribution in [0.25, 0.3) is 22.3 Å². The van der Waals surface area contributed by atoms with Crippen LogP contribution in [0.1, 0.15) is 47.9 Å². The van der Waals surface area contributed by atoms with Gasteiger partial charge in [0.1, 0.15) is 16.1 Å². The van der Waals surface area contributed by atoms with Crippen molar-refractivity contribution in [3.8, 4) is 45.9 Å². The van der Waals surface area contributed by atoms with Crippen molar-refractivity contribution in [3.63, 3.8) is 0 Å². The zero-order valence-electron chi connectivity index (χ0n) is 57.9. The zero-order chi connectivity index (χ0) is 68.1. The molecule has 2 heterocycles. The second-order valence-corrected chi connectivity index (χ2v) is 45.2. The smallest absolute Gasteiger partial charge is 0.366 e. The first-order valence-corrected chi connectivity index (χ1v) is 47.0. The van der Waals surface area contributed by atoms with Gasteiger partial charge in [-0.25, -0.2) is 0 Å². The van der Waals surface area contributed by atoms with E-state index in [2.05, 4.69) is 341 Å². The summed E-state index contributed by atoms with van der Waals surface area (Å²) in [6, 6.07) is 114. The fourth-order valence-corrected chi connectivity index (χ4v) is 30.9. The molecular formula is C92H84Au4P4Si2+4. The first-order valence-electron chi connectivity index (χ1n) is 34.2. The largest absolute Gasteiger partial charge is 1.00 e. The minimum Gasteiger partial charge on any atom is -0.366 e. The number of hydrogen-bond donors (Lipinski definition) is 0. The molecule has 0 unspecified atom stereocenters. The van der Waals surface area contributed by atoms with Crippen LogP contribution in [0.15, 0.2) is 315 Å². The van der Waals surface area contributed by atoms with Gasteiger partial charge in [-0.1, -0.05) is 206 Å². The molecule has 0 spiro atoms. The summed E-state index contributed by atoms with van der Waals surface area (Å²) in [5, 5.41) is 17.8. The van der Waals surface area contributed by atoms with Gasteiger partial charge in [-0.3, -0.25) is 23.7 Å². The number of benzene rings is 12. The maximum absolute atomic E-state index is 7.29. The van der Waals surface area contributed by atoms with Gasteiger partial charge in [0.15, 0.2) is 0 Å². The quantitative estimate of drug-likeness (QED) is 0.0264. The predicted molar refractivity (Wildman–Crippen MR) is 442 cm³/mol. The summed E-state index contributed by atoms with van der Waals surface area (Å²) in [6.45, 7) is 9.33. The Morgan fingerprint density at radius 2 is 0.412 bits per heavy atom. The van der Waals surface area contributed by atoms with Gasteiger partial charge < -0.3 is 25.7 Å². The van der Waals surface area contributed by atoms with Crippen LogP contribution in [0.4, 0.5) is 0 Å². The summed E-state index contributed by atoms with van der Waals surface area (Å²) in [4.78, 5) is 0. The molecule has 0 bridgehead atoms. The van der Waals surface area contributed by atoms with E-state index in [1.54, 1.807) is 0 Å². The number of fused-ring (bicyclic) bond motifs is 6. The summed E-state index contributed by atoms with van der Waals surface area (Å²) in [5.74, 6) is 9.87. The average molecular weight is 2160 g/mol. The van der Waals surface area contributed by atoms with Gasteiger partial charge in [0.05, 0.1) is 98.8 Å². The Labute approximate surface area is 679 Å². The Morgan fingerprint density at radius 3 is 0.608 bits per heavy atom. The van der Waals surface area contributed by atoms with Crippen molar-refractivity contribution in [3.05, 3.63) is 363 Å². The Morgan fingerprint density at radius 1 is 0.225 bits per heavy atom. The molecule has 12 aromatic carbocycles. The van der Waals surface area contributed by atoms with Gasteiger partial charge >= 0.3 is 89.5 Å². The third-order valence-corrected chi connectivity index (χ3v) is 37.9. The Balaban J connectivity index is 0.000000192. The summed E-state index contributed by atoms with van der Waals surface area (Å²) < 4.78 is 0. The molecule has 0 atom stereocenters. The molecule has 0 aromatic heterocycles. The molecule has 0 amide bonds. The summed E-state index contributed by atoms with van der Waals surface area (Å²) in [5.41, 5.74) is 8.29. The summed E-state index contributed by atoms with van der Waals surface area (Å²) >= 11 is 0. The van der Waals surface area contributed by atoms with E-state index in [4.69, 9.17) is 25.7 Å². The van der Waals surface area contributed by atoms with Crippen LogP contribution in [0, 0.1) is 49.4 Å². The second kappa shape index (κ2) is 41.6. The van der Waals surface area contributed by atoms with Crippen LogP contribution in [0.5, 0.6) is 0 Å². The maximum atomic E-state index is 7.29. The van der Waals surface area contributed by atoms with E-state index in [0.29, 0.717) is 0 Å². The molecule has 14 rings (SSSR count). The van der Waals surface area contributed by atoms with E-state index < -0.39 is 47.8 Å². The monoisotopic (exact) mass is 2160 g/mol. The molecule has 10 heteroatoms. The van der Waals surface area contributed by atoms with Crippen LogP contribution in [-0.4, -0.2) is 40.8 Å². The summed E-state index contributed by atoms with van der Waals surface area (Å²) in [6.07, 6.45) is 39.5. The van der Waals surface area contributed by atoms with Gasteiger partial charge in [-0.05, 0) is 155 Å².